The van der Waals surface area contributed by atoms with Crippen LogP contribution in [0.15, 0.2) is 53.8 Å². The monoisotopic (exact) mass is 512 g/mol. The van der Waals surface area contributed by atoms with Gasteiger partial charge < -0.3 is 9.64 Å². The summed E-state index contributed by atoms with van der Waals surface area (Å²) in [6.07, 6.45) is 3.89. The number of aryl methyl sites for hydroxylation is 1. The standard InChI is InChI=1S/C27H33FN4O3S/c1-19-18-30-23-7-6-20(35-2)17-21(23)25(19)22(28)8-9-27(26(33)31-34)10-13-32(14-11-27)15-16-36-24-5-3-4-12-29-24/h3-7,12,17-18,22,34H,8-11,13-16H2,1-2H3,(H,31,33)/t22-/m1/s1. The summed E-state index contributed by atoms with van der Waals surface area (Å²) >= 11 is 1.71. The Labute approximate surface area is 215 Å². The summed E-state index contributed by atoms with van der Waals surface area (Å²) < 4.78 is 21.1. The zero-order valence-electron chi connectivity index (χ0n) is 20.7. The molecule has 9 heteroatoms. The molecule has 0 aliphatic carbocycles. The van der Waals surface area contributed by atoms with Crippen molar-refractivity contribution in [3.8, 4) is 5.75 Å². The summed E-state index contributed by atoms with van der Waals surface area (Å²) in [5.41, 5.74) is 3.12. The van der Waals surface area contributed by atoms with Crippen molar-refractivity contribution in [2.75, 3.05) is 32.5 Å². The third-order valence-corrected chi connectivity index (χ3v) is 8.12. The van der Waals surface area contributed by atoms with E-state index in [4.69, 9.17) is 4.74 Å². The number of rotatable bonds is 10. The molecule has 1 fully saturated rings. The first-order chi connectivity index (χ1) is 17.5. The number of hydrogen-bond donors (Lipinski definition) is 2. The number of carbonyl (C=O) groups is 1. The van der Waals surface area contributed by atoms with E-state index in [1.54, 1.807) is 31.3 Å². The van der Waals surface area contributed by atoms with Crippen molar-refractivity contribution in [1.82, 2.24) is 20.3 Å². The molecule has 4 rings (SSSR count). The quantitative estimate of drug-likeness (QED) is 0.222. The first kappa shape index (κ1) is 26.3. The van der Waals surface area contributed by atoms with Crippen LogP contribution in [0.3, 0.4) is 0 Å². The van der Waals surface area contributed by atoms with E-state index in [9.17, 15) is 10.0 Å². The van der Waals surface area contributed by atoms with Crippen LogP contribution in [-0.4, -0.2) is 58.5 Å². The number of methoxy groups -OCH3 is 1. The SMILES string of the molecule is COc1ccc2ncc(C)c([C@H](F)CCC3(C(=O)NO)CCN(CCSc4ccccn4)CC3)c2c1. The fourth-order valence-corrected chi connectivity index (χ4v) is 5.88. The zero-order chi connectivity index (χ0) is 25.5. The van der Waals surface area contributed by atoms with Crippen molar-refractivity contribution >= 4 is 28.6 Å². The fourth-order valence-electron chi connectivity index (χ4n) is 5.01. The van der Waals surface area contributed by atoms with Gasteiger partial charge in [-0.2, -0.15) is 0 Å². The minimum Gasteiger partial charge on any atom is -0.497 e. The summed E-state index contributed by atoms with van der Waals surface area (Å²) in [6, 6.07) is 11.3. The number of amides is 1. The number of aromatic nitrogens is 2. The van der Waals surface area contributed by atoms with E-state index >= 15 is 4.39 Å². The minimum atomic E-state index is -1.27. The molecule has 0 unspecified atom stereocenters. The second kappa shape index (κ2) is 12.0. The lowest BCUT2D eigenvalue weighted by Gasteiger charge is -2.40. The van der Waals surface area contributed by atoms with Gasteiger partial charge in [-0.3, -0.25) is 15.0 Å². The van der Waals surface area contributed by atoms with Gasteiger partial charge in [0.05, 0.1) is 23.1 Å². The van der Waals surface area contributed by atoms with Crippen LogP contribution in [0, 0.1) is 12.3 Å². The van der Waals surface area contributed by atoms with Crippen molar-refractivity contribution in [2.24, 2.45) is 5.41 Å². The molecule has 0 bridgehead atoms. The molecule has 1 aliphatic rings. The molecule has 192 valence electrons. The highest BCUT2D eigenvalue weighted by molar-refractivity contribution is 7.99. The normalized spacial score (nSPS) is 16.6. The molecule has 1 saturated heterocycles. The maximum absolute atomic E-state index is 15.8. The van der Waals surface area contributed by atoms with Gasteiger partial charge in [-0.05, 0) is 87.2 Å². The summed E-state index contributed by atoms with van der Waals surface area (Å²) in [6.45, 7) is 4.18. The van der Waals surface area contributed by atoms with E-state index in [2.05, 4.69) is 14.9 Å². The molecule has 0 spiro atoms. The molecule has 0 saturated carbocycles. The molecular weight excluding hydrogens is 479 g/mol. The van der Waals surface area contributed by atoms with Gasteiger partial charge in [0.25, 0.3) is 0 Å². The lowest BCUT2D eigenvalue weighted by molar-refractivity contribution is -0.143. The Hall–Kier alpha value is -2.75. The van der Waals surface area contributed by atoms with Crippen molar-refractivity contribution < 1.29 is 19.1 Å². The van der Waals surface area contributed by atoms with Gasteiger partial charge in [-0.1, -0.05) is 6.07 Å². The molecule has 0 radical (unpaired) electrons. The van der Waals surface area contributed by atoms with Crippen LogP contribution in [0.1, 0.15) is 43.0 Å². The second-order valence-electron chi connectivity index (χ2n) is 9.32. The number of hydroxylamine groups is 1. The summed E-state index contributed by atoms with van der Waals surface area (Å²) in [5, 5.41) is 11.2. The average molecular weight is 513 g/mol. The van der Waals surface area contributed by atoms with Gasteiger partial charge >= 0.3 is 0 Å². The highest BCUT2D eigenvalue weighted by Crippen LogP contribution is 2.41. The summed E-state index contributed by atoms with van der Waals surface area (Å²) in [5.74, 6) is 1.13. The van der Waals surface area contributed by atoms with Crippen LogP contribution < -0.4 is 10.2 Å². The van der Waals surface area contributed by atoms with Gasteiger partial charge in [0, 0.05) is 30.1 Å². The number of carbonyl (C=O) groups excluding carboxylic acids is 1. The van der Waals surface area contributed by atoms with E-state index in [0.29, 0.717) is 36.1 Å². The van der Waals surface area contributed by atoms with E-state index in [1.165, 1.54) is 0 Å². The first-order valence-electron chi connectivity index (χ1n) is 12.2. The molecule has 1 amide bonds. The highest BCUT2D eigenvalue weighted by Gasteiger charge is 2.41. The number of halogens is 1. The molecule has 2 N–H and O–H groups in total. The van der Waals surface area contributed by atoms with Crippen LogP contribution in [0.4, 0.5) is 4.39 Å². The lowest BCUT2D eigenvalue weighted by Crippen LogP contribution is -2.48. The Morgan fingerprint density at radius 1 is 1.28 bits per heavy atom. The summed E-state index contributed by atoms with van der Waals surface area (Å²) in [4.78, 5) is 23.8. The number of hydrogen-bond acceptors (Lipinski definition) is 7. The smallest absolute Gasteiger partial charge is 0.249 e. The van der Waals surface area contributed by atoms with Gasteiger partial charge in [0.1, 0.15) is 11.9 Å². The van der Waals surface area contributed by atoms with Crippen molar-refractivity contribution in [3.05, 3.63) is 59.9 Å². The number of pyridine rings is 2. The molecule has 3 aromatic rings. The minimum absolute atomic E-state index is 0.181. The predicted octanol–water partition coefficient (Wildman–Crippen LogP) is 5.12. The second-order valence-corrected chi connectivity index (χ2v) is 10.4. The Balaban J connectivity index is 1.40. The Kier molecular flexibility index (Phi) is 8.77. The largest absolute Gasteiger partial charge is 0.497 e. The lowest BCUT2D eigenvalue weighted by atomic mass is 9.73. The topological polar surface area (TPSA) is 87.6 Å². The number of benzene rings is 1. The number of ether oxygens (including phenoxy) is 1. The molecule has 2 aromatic heterocycles. The number of nitrogens with zero attached hydrogens (tertiary/aromatic N) is 3. The van der Waals surface area contributed by atoms with Crippen LogP contribution >= 0.6 is 11.8 Å². The third-order valence-electron chi connectivity index (χ3n) is 7.20. The molecule has 7 nitrogen and oxygen atoms in total. The predicted molar refractivity (Wildman–Crippen MR) is 139 cm³/mol. The number of fused-ring (bicyclic) bond motifs is 1. The van der Waals surface area contributed by atoms with Crippen molar-refractivity contribution in [1.29, 1.82) is 0 Å². The van der Waals surface area contributed by atoms with Crippen molar-refractivity contribution in [2.45, 2.75) is 43.8 Å². The van der Waals surface area contributed by atoms with Gasteiger partial charge in [0.15, 0.2) is 0 Å². The molecule has 1 aromatic carbocycles. The molecule has 1 atom stereocenters. The number of nitrogens with one attached hydrogen (secondary N) is 1. The fraction of sp³-hybridized carbons (Fsp3) is 0.444. The van der Waals surface area contributed by atoms with Crippen LogP contribution in [-0.2, 0) is 4.79 Å². The third kappa shape index (κ3) is 5.96. The maximum Gasteiger partial charge on any atom is 0.249 e. The van der Waals surface area contributed by atoms with E-state index in [0.717, 1.165) is 41.4 Å². The van der Waals surface area contributed by atoms with E-state index < -0.39 is 17.5 Å². The molecule has 36 heavy (non-hydrogen) atoms. The van der Waals surface area contributed by atoms with Gasteiger partial charge in [0.2, 0.25) is 5.91 Å². The van der Waals surface area contributed by atoms with Crippen LogP contribution in [0.25, 0.3) is 10.9 Å². The molecular formula is C27H33FN4O3S. The van der Waals surface area contributed by atoms with Gasteiger partial charge in [-0.15, -0.1) is 11.8 Å². The van der Waals surface area contributed by atoms with E-state index in [-0.39, 0.29) is 6.42 Å². The van der Waals surface area contributed by atoms with Crippen LogP contribution in [0.2, 0.25) is 0 Å². The number of alkyl halides is 1. The zero-order valence-corrected chi connectivity index (χ0v) is 21.6. The van der Waals surface area contributed by atoms with E-state index in [1.807, 2.05) is 48.8 Å². The van der Waals surface area contributed by atoms with Crippen molar-refractivity contribution in [3.63, 3.8) is 0 Å². The molecule has 3 heterocycles. The highest BCUT2D eigenvalue weighted by atomic mass is 32.2. The first-order valence-corrected chi connectivity index (χ1v) is 13.2. The Morgan fingerprint density at radius 3 is 2.78 bits per heavy atom. The maximum atomic E-state index is 15.8. The Morgan fingerprint density at radius 2 is 2.08 bits per heavy atom. The van der Waals surface area contributed by atoms with Crippen LogP contribution in [0.5, 0.6) is 5.75 Å². The number of thioether (sulfide) groups is 1. The Bertz CT molecular complexity index is 1170. The number of piperidine rings is 1. The molecule has 1 aliphatic heterocycles. The number of likely N-dealkylation sites (tertiary alicyclic amines) is 1. The van der Waals surface area contributed by atoms with Gasteiger partial charge in [-0.25, -0.2) is 14.9 Å². The summed E-state index contributed by atoms with van der Waals surface area (Å²) in [7, 11) is 1.58. The average Bonchev–Trinajstić information content (AvgIpc) is 2.92.